The molecule has 0 spiro atoms. The van der Waals surface area contributed by atoms with Gasteiger partial charge >= 0.3 is 0 Å². The molecule has 2 aliphatic rings. The highest BCUT2D eigenvalue weighted by molar-refractivity contribution is 7.97. The molecule has 1 aliphatic heterocycles. The number of benzene rings is 1. The van der Waals surface area contributed by atoms with Crippen molar-refractivity contribution in [2.45, 2.75) is 25.8 Å². The molecule has 2 N–H and O–H groups in total. The van der Waals surface area contributed by atoms with Crippen molar-refractivity contribution in [1.82, 2.24) is 29.0 Å². The summed E-state index contributed by atoms with van der Waals surface area (Å²) in [6.07, 6.45) is 3.16. The first-order valence-electron chi connectivity index (χ1n) is 13.3. The molecule has 1 aliphatic carbocycles. The highest BCUT2D eigenvalue weighted by atomic mass is 35.5. The fourth-order valence-corrected chi connectivity index (χ4v) is 6.56. The number of halogens is 2. The topological polar surface area (TPSA) is 110 Å². The first-order chi connectivity index (χ1) is 19.6. The van der Waals surface area contributed by atoms with Crippen LogP contribution in [0.1, 0.15) is 46.2 Å². The minimum Gasteiger partial charge on any atom is -0.377 e. The maximum absolute atomic E-state index is 14.4. The molecule has 4 heterocycles. The summed E-state index contributed by atoms with van der Waals surface area (Å²) >= 11 is 7.26. The number of piperidine rings is 1. The van der Waals surface area contributed by atoms with Crippen LogP contribution in [0.25, 0.3) is 10.9 Å². The molecule has 10 nitrogen and oxygen atoms in total. The smallest absolute Gasteiger partial charge is 0.281 e. The van der Waals surface area contributed by atoms with E-state index in [0.717, 1.165) is 11.1 Å². The van der Waals surface area contributed by atoms with Gasteiger partial charge in [0.25, 0.3) is 11.5 Å². The summed E-state index contributed by atoms with van der Waals surface area (Å²) in [4.78, 5) is 37.6. The fourth-order valence-electron chi connectivity index (χ4n) is 6.13. The lowest BCUT2D eigenvalue weighted by molar-refractivity contribution is 0.0980. The molecule has 2 fully saturated rings. The number of nitrogens with one attached hydrogen (secondary N) is 2. The number of pyridine rings is 1. The van der Waals surface area contributed by atoms with Crippen molar-refractivity contribution in [2.75, 3.05) is 29.6 Å². The number of anilines is 2. The second-order valence-electron chi connectivity index (χ2n) is 10.9. The maximum Gasteiger partial charge on any atom is 0.281 e. The van der Waals surface area contributed by atoms with Gasteiger partial charge in [0.05, 0.1) is 28.8 Å². The molecule has 6 rings (SSSR count). The van der Waals surface area contributed by atoms with Crippen LogP contribution in [0.4, 0.5) is 16.0 Å². The van der Waals surface area contributed by atoms with Crippen LogP contribution in [0.15, 0.2) is 35.3 Å². The predicted molar refractivity (Wildman–Crippen MR) is 159 cm³/mol. The number of nitrogens with zero attached hydrogens (tertiary/aromatic N) is 6. The lowest BCUT2D eigenvalue weighted by Gasteiger charge is -2.25. The van der Waals surface area contributed by atoms with Gasteiger partial charge in [-0.3, -0.25) is 23.6 Å². The SMILES string of the molecule is CSNC(=O)c1nc(Cl)ccc1NC(C)c1cc(C)cc2c(=O)n(C)c(N3CC4C(C3)C4c3nn(C)cc3F)nc12. The molecule has 4 aromatic rings. The van der Waals surface area contributed by atoms with Gasteiger partial charge in [-0.05, 0) is 49.4 Å². The van der Waals surface area contributed by atoms with Crippen LogP contribution < -0.4 is 20.5 Å². The quantitative estimate of drug-likeness (QED) is 0.241. The summed E-state index contributed by atoms with van der Waals surface area (Å²) in [5.41, 5.74) is 3.42. The normalized spacial score (nSPS) is 20.3. The van der Waals surface area contributed by atoms with Crippen LogP contribution in [0.2, 0.25) is 5.15 Å². The van der Waals surface area contributed by atoms with E-state index >= 15 is 0 Å². The summed E-state index contributed by atoms with van der Waals surface area (Å²) in [7, 11) is 3.47. The van der Waals surface area contributed by atoms with E-state index in [2.05, 4.69) is 25.0 Å². The number of carbonyl (C=O) groups excluding carboxylic acids is 1. The molecule has 1 saturated carbocycles. The number of amides is 1. The van der Waals surface area contributed by atoms with Gasteiger partial charge in [-0.1, -0.05) is 29.6 Å². The second-order valence-corrected chi connectivity index (χ2v) is 11.9. The van der Waals surface area contributed by atoms with E-state index in [4.69, 9.17) is 16.6 Å². The van der Waals surface area contributed by atoms with Crippen molar-refractivity contribution >= 4 is 52.0 Å². The first kappa shape index (κ1) is 27.5. The highest BCUT2D eigenvalue weighted by Gasteiger charge is 2.58. The predicted octanol–water partition coefficient (Wildman–Crippen LogP) is 4.19. The third-order valence-corrected chi connectivity index (χ3v) is 8.64. The Morgan fingerprint density at radius 2 is 1.93 bits per heavy atom. The molecule has 1 saturated heterocycles. The molecule has 1 aromatic carbocycles. The Labute approximate surface area is 245 Å². The summed E-state index contributed by atoms with van der Waals surface area (Å²) < 4.78 is 20.2. The average molecular weight is 597 g/mol. The molecule has 3 unspecified atom stereocenters. The molecule has 13 heteroatoms. The van der Waals surface area contributed by atoms with Gasteiger partial charge in [0.2, 0.25) is 5.95 Å². The number of hydrogen-bond acceptors (Lipinski definition) is 8. The Bertz CT molecular complexity index is 1750. The number of rotatable bonds is 7. The summed E-state index contributed by atoms with van der Waals surface area (Å²) in [6, 6.07) is 6.87. The van der Waals surface area contributed by atoms with Crippen molar-refractivity contribution < 1.29 is 9.18 Å². The van der Waals surface area contributed by atoms with E-state index in [9.17, 15) is 14.0 Å². The van der Waals surface area contributed by atoms with Gasteiger partial charge in [-0.15, -0.1) is 0 Å². The van der Waals surface area contributed by atoms with Crippen LogP contribution >= 0.6 is 23.5 Å². The number of carbonyl (C=O) groups is 1. The molecule has 214 valence electrons. The molecular formula is C28H30ClFN8O2S. The monoisotopic (exact) mass is 596 g/mol. The van der Waals surface area contributed by atoms with Gasteiger partial charge < -0.3 is 10.2 Å². The minimum absolute atomic E-state index is 0.0952. The number of hydrogen-bond donors (Lipinski definition) is 2. The van der Waals surface area contributed by atoms with Crippen LogP contribution in [-0.4, -0.2) is 49.6 Å². The first-order valence-corrected chi connectivity index (χ1v) is 14.9. The Morgan fingerprint density at radius 1 is 1.20 bits per heavy atom. The van der Waals surface area contributed by atoms with E-state index in [-0.39, 0.29) is 51.9 Å². The number of aryl methyl sites for hydroxylation is 2. The molecular weight excluding hydrogens is 567 g/mol. The Kier molecular flexibility index (Phi) is 6.93. The van der Waals surface area contributed by atoms with Gasteiger partial charge in [0, 0.05) is 44.9 Å². The molecule has 0 radical (unpaired) electrons. The third-order valence-electron chi connectivity index (χ3n) is 8.04. The molecule has 0 bridgehead atoms. The van der Waals surface area contributed by atoms with Crippen LogP contribution in [0.3, 0.4) is 0 Å². The molecule has 1 amide bonds. The van der Waals surface area contributed by atoms with Gasteiger partial charge in [0.15, 0.2) is 11.5 Å². The third kappa shape index (κ3) is 4.82. The van der Waals surface area contributed by atoms with E-state index < -0.39 is 0 Å². The van der Waals surface area contributed by atoms with Crippen LogP contribution in [-0.2, 0) is 14.1 Å². The van der Waals surface area contributed by atoms with Gasteiger partial charge in [0.1, 0.15) is 10.8 Å². The zero-order chi connectivity index (χ0) is 29.2. The summed E-state index contributed by atoms with van der Waals surface area (Å²) in [5.74, 6) is 0.593. The largest absolute Gasteiger partial charge is 0.377 e. The lowest BCUT2D eigenvalue weighted by atomic mass is 10.0. The zero-order valence-electron chi connectivity index (χ0n) is 23.3. The van der Waals surface area contributed by atoms with Crippen molar-refractivity contribution in [2.24, 2.45) is 25.9 Å². The van der Waals surface area contributed by atoms with Crippen molar-refractivity contribution in [1.29, 1.82) is 0 Å². The second kappa shape index (κ2) is 10.3. The van der Waals surface area contributed by atoms with Crippen LogP contribution in [0, 0.1) is 24.6 Å². The fraction of sp³-hybridized carbons (Fsp3) is 0.393. The Hall–Kier alpha value is -3.64. The van der Waals surface area contributed by atoms with E-state index in [1.807, 2.05) is 26.0 Å². The number of aromatic nitrogens is 5. The van der Waals surface area contributed by atoms with Crippen molar-refractivity contribution in [3.63, 3.8) is 0 Å². The minimum atomic E-state index is -0.366. The van der Waals surface area contributed by atoms with Crippen molar-refractivity contribution in [3.05, 3.63) is 74.3 Å². The van der Waals surface area contributed by atoms with E-state index in [0.29, 0.717) is 41.3 Å². The maximum atomic E-state index is 14.4. The summed E-state index contributed by atoms with van der Waals surface area (Å²) in [6.45, 7) is 5.25. The van der Waals surface area contributed by atoms with E-state index in [1.165, 1.54) is 22.8 Å². The molecule has 3 atom stereocenters. The standard InChI is InChI=1S/C28H30ClFN8O2S/c1-13-8-15(14(2)31-20-6-7-21(29)32-25(20)26(39)35-41-5)23-16(9-13)27(40)37(4)28(33-23)38-10-17-18(11-38)22(17)24-19(30)12-36(3)34-24/h6-9,12,14,17-18,22,31H,10-11H2,1-5H3,(H,35,39). The lowest BCUT2D eigenvalue weighted by Crippen LogP contribution is -2.32. The summed E-state index contributed by atoms with van der Waals surface area (Å²) in [5, 5.41) is 8.45. The zero-order valence-corrected chi connectivity index (χ0v) is 24.8. The van der Waals surface area contributed by atoms with Gasteiger partial charge in [-0.25, -0.2) is 14.4 Å². The highest BCUT2D eigenvalue weighted by Crippen LogP contribution is 2.58. The molecule has 41 heavy (non-hydrogen) atoms. The average Bonchev–Trinajstić information content (AvgIpc) is 3.22. The van der Waals surface area contributed by atoms with E-state index in [1.54, 1.807) is 37.1 Å². The van der Waals surface area contributed by atoms with Gasteiger partial charge in [-0.2, -0.15) is 5.10 Å². The molecule has 3 aromatic heterocycles. The Balaban J connectivity index is 1.33. The number of fused-ring (bicyclic) bond motifs is 2. The van der Waals surface area contributed by atoms with Crippen molar-refractivity contribution in [3.8, 4) is 0 Å². The Morgan fingerprint density at radius 3 is 2.59 bits per heavy atom. The van der Waals surface area contributed by atoms with Crippen LogP contribution in [0.5, 0.6) is 0 Å².